The summed E-state index contributed by atoms with van der Waals surface area (Å²) >= 11 is 0. The first-order valence-corrected chi connectivity index (χ1v) is 3.56. The van der Waals surface area contributed by atoms with Gasteiger partial charge in [-0.3, -0.25) is 0 Å². The van der Waals surface area contributed by atoms with Crippen LogP contribution in [0.3, 0.4) is 0 Å². The zero-order chi connectivity index (χ0) is 8.53. The molecule has 0 fully saturated rings. The van der Waals surface area contributed by atoms with E-state index >= 15 is 0 Å². The number of aliphatic hydroxyl groups excluding tert-OH is 1. The highest BCUT2D eigenvalue weighted by Crippen LogP contribution is 1.93. The van der Waals surface area contributed by atoms with Crippen molar-refractivity contribution in [3.05, 3.63) is 49.6 Å². The van der Waals surface area contributed by atoms with E-state index in [1.807, 2.05) is 6.08 Å². The average Bonchev–Trinajstić information content (AvgIpc) is 1.99. The number of allylic oxidation sites excluding steroid dienone is 4. The predicted octanol–water partition coefficient (Wildman–Crippen LogP) is 2.22. The molecule has 0 aliphatic carbocycles. The predicted molar refractivity (Wildman–Crippen MR) is 49.3 cm³/mol. The van der Waals surface area contributed by atoms with Crippen molar-refractivity contribution in [3.8, 4) is 0 Å². The van der Waals surface area contributed by atoms with E-state index in [0.29, 0.717) is 6.42 Å². The monoisotopic (exact) mass is 150 g/mol. The molecule has 0 aliphatic rings. The molecular weight excluding hydrogens is 136 g/mol. The van der Waals surface area contributed by atoms with Crippen LogP contribution < -0.4 is 0 Å². The van der Waals surface area contributed by atoms with Gasteiger partial charge >= 0.3 is 0 Å². The van der Waals surface area contributed by atoms with Gasteiger partial charge in [-0.1, -0.05) is 43.0 Å². The molecule has 0 radical (unpaired) electrons. The molecule has 0 aromatic carbocycles. The van der Waals surface area contributed by atoms with E-state index < -0.39 is 6.10 Å². The molecule has 1 heteroatoms. The minimum absolute atomic E-state index is 0.415. The van der Waals surface area contributed by atoms with Crippen molar-refractivity contribution in [1.82, 2.24) is 0 Å². The summed E-state index contributed by atoms with van der Waals surface area (Å²) in [6.45, 7) is 7.03. The van der Waals surface area contributed by atoms with E-state index in [-0.39, 0.29) is 0 Å². The van der Waals surface area contributed by atoms with Gasteiger partial charge in [0.2, 0.25) is 0 Å². The molecule has 1 unspecified atom stereocenters. The zero-order valence-electron chi connectivity index (χ0n) is 6.61. The van der Waals surface area contributed by atoms with Crippen LogP contribution in [0.2, 0.25) is 0 Å². The molecule has 0 aliphatic heterocycles. The van der Waals surface area contributed by atoms with E-state index in [1.165, 1.54) is 0 Å². The second kappa shape index (κ2) is 7.03. The van der Waals surface area contributed by atoms with Gasteiger partial charge in [0.25, 0.3) is 0 Å². The maximum Gasteiger partial charge on any atom is 0.0758 e. The van der Waals surface area contributed by atoms with Gasteiger partial charge < -0.3 is 5.11 Å². The van der Waals surface area contributed by atoms with Crippen LogP contribution in [0.1, 0.15) is 6.42 Å². The van der Waals surface area contributed by atoms with Gasteiger partial charge in [0, 0.05) is 0 Å². The summed E-state index contributed by atoms with van der Waals surface area (Å²) in [5, 5.41) is 9.13. The molecule has 0 heterocycles. The normalized spacial score (nSPS) is 13.9. The van der Waals surface area contributed by atoms with Crippen LogP contribution in [-0.4, -0.2) is 11.2 Å². The average molecular weight is 150 g/mol. The molecule has 0 saturated carbocycles. The fourth-order valence-corrected chi connectivity index (χ4v) is 0.584. The fraction of sp³-hybridized carbons (Fsp3) is 0.200. The largest absolute Gasteiger partial charge is 0.389 e. The van der Waals surface area contributed by atoms with Gasteiger partial charge in [-0.15, -0.1) is 6.58 Å². The van der Waals surface area contributed by atoms with E-state index in [1.54, 1.807) is 30.4 Å². The van der Waals surface area contributed by atoms with E-state index in [4.69, 9.17) is 5.11 Å². The van der Waals surface area contributed by atoms with E-state index in [0.717, 1.165) is 0 Å². The van der Waals surface area contributed by atoms with E-state index in [2.05, 4.69) is 13.2 Å². The molecule has 0 saturated heterocycles. The molecule has 1 nitrogen and oxygen atoms in total. The van der Waals surface area contributed by atoms with Crippen LogP contribution in [0.4, 0.5) is 0 Å². The number of hydrogen-bond donors (Lipinski definition) is 1. The summed E-state index contributed by atoms with van der Waals surface area (Å²) < 4.78 is 0. The number of aliphatic hydroxyl groups is 1. The van der Waals surface area contributed by atoms with Crippen LogP contribution in [-0.2, 0) is 0 Å². The Morgan fingerprint density at radius 1 is 1.18 bits per heavy atom. The highest BCUT2D eigenvalue weighted by Gasteiger charge is 1.90. The third-order valence-corrected chi connectivity index (χ3v) is 1.10. The van der Waals surface area contributed by atoms with Gasteiger partial charge in [-0.05, 0) is 6.42 Å². The van der Waals surface area contributed by atoms with E-state index in [9.17, 15) is 0 Å². The summed E-state index contributed by atoms with van der Waals surface area (Å²) in [6, 6.07) is 0. The molecule has 0 bridgehead atoms. The third-order valence-electron chi connectivity index (χ3n) is 1.10. The first-order chi connectivity index (χ1) is 5.31. The summed E-state index contributed by atoms with van der Waals surface area (Å²) in [5.41, 5.74) is 0. The lowest BCUT2D eigenvalue weighted by Gasteiger charge is -1.97. The third kappa shape index (κ3) is 6.81. The number of hydrogen-bond acceptors (Lipinski definition) is 1. The Balaban J connectivity index is 3.63. The Kier molecular flexibility index (Phi) is 6.34. The van der Waals surface area contributed by atoms with Crippen molar-refractivity contribution in [1.29, 1.82) is 0 Å². The molecule has 1 N–H and O–H groups in total. The molecule has 0 rings (SSSR count). The first kappa shape index (κ1) is 9.92. The van der Waals surface area contributed by atoms with Gasteiger partial charge in [-0.2, -0.15) is 0 Å². The maximum absolute atomic E-state index is 9.13. The Bertz CT molecular complexity index is 166. The molecule has 11 heavy (non-hydrogen) atoms. The minimum atomic E-state index is -0.415. The fourth-order valence-electron chi connectivity index (χ4n) is 0.584. The second-order valence-corrected chi connectivity index (χ2v) is 2.10. The molecule has 1 atom stereocenters. The summed E-state index contributed by atoms with van der Waals surface area (Å²) in [6.07, 6.45) is 10.7. The van der Waals surface area contributed by atoms with Crippen molar-refractivity contribution in [2.24, 2.45) is 0 Å². The Morgan fingerprint density at radius 2 is 1.91 bits per heavy atom. The molecule has 60 valence electrons. The lowest BCUT2D eigenvalue weighted by atomic mass is 10.2. The highest BCUT2D eigenvalue weighted by atomic mass is 16.3. The van der Waals surface area contributed by atoms with Crippen LogP contribution in [0.5, 0.6) is 0 Å². The summed E-state index contributed by atoms with van der Waals surface area (Å²) in [5.74, 6) is 0. The smallest absolute Gasteiger partial charge is 0.0758 e. The van der Waals surface area contributed by atoms with Crippen molar-refractivity contribution in [3.63, 3.8) is 0 Å². The molecular formula is C10H14O. The van der Waals surface area contributed by atoms with Gasteiger partial charge in [0.15, 0.2) is 0 Å². The standard InChI is InChI=1S/C10H14O/c1-3-5-6-7-9-10(11)8-4-2/h3-7,9-11H,1-2,8H2. The minimum Gasteiger partial charge on any atom is -0.389 e. The van der Waals surface area contributed by atoms with Crippen LogP contribution in [0, 0.1) is 0 Å². The van der Waals surface area contributed by atoms with Gasteiger partial charge in [0.1, 0.15) is 0 Å². The quantitative estimate of drug-likeness (QED) is 0.470. The molecule has 0 aromatic heterocycles. The maximum atomic E-state index is 9.13. The Morgan fingerprint density at radius 3 is 2.45 bits per heavy atom. The zero-order valence-corrected chi connectivity index (χ0v) is 6.61. The summed E-state index contributed by atoms with van der Waals surface area (Å²) in [7, 11) is 0. The van der Waals surface area contributed by atoms with Crippen LogP contribution in [0.15, 0.2) is 49.6 Å². The van der Waals surface area contributed by atoms with Gasteiger partial charge in [-0.25, -0.2) is 0 Å². The lowest BCUT2D eigenvalue weighted by molar-refractivity contribution is 0.227. The Hall–Kier alpha value is -1.08. The SMILES string of the molecule is C=CC=CC=CC(O)CC=C. The summed E-state index contributed by atoms with van der Waals surface area (Å²) in [4.78, 5) is 0. The molecule has 0 amide bonds. The topological polar surface area (TPSA) is 20.2 Å². The van der Waals surface area contributed by atoms with Gasteiger partial charge in [0.05, 0.1) is 6.10 Å². The van der Waals surface area contributed by atoms with Crippen molar-refractivity contribution >= 4 is 0 Å². The van der Waals surface area contributed by atoms with Crippen molar-refractivity contribution < 1.29 is 5.11 Å². The lowest BCUT2D eigenvalue weighted by Crippen LogP contribution is -1.98. The van der Waals surface area contributed by atoms with Crippen LogP contribution in [0.25, 0.3) is 0 Å². The van der Waals surface area contributed by atoms with Crippen LogP contribution >= 0.6 is 0 Å². The first-order valence-electron chi connectivity index (χ1n) is 3.56. The number of rotatable bonds is 5. The Labute approximate surface area is 68.1 Å². The second-order valence-electron chi connectivity index (χ2n) is 2.10. The highest BCUT2D eigenvalue weighted by molar-refractivity contribution is 5.10. The molecule has 0 spiro atoms. The molecule has 0 aromatic rings. The van der Waals surface area contributed by atoms with Crippen molar-refractivity contribution in [2.75, 3.05) is 0 Å². The van der Waals surface area contributed by atoms with Crippen molar-refractivity contribution in [2.45, 2.75) is 12.5 Å².